The minimum Gasteiger partial charge on any atom is -0.298 e. The lowest BCUT2D eigenvalue weighted by Gasteiger charge is -2.01. The predicted octanol–water partition coefficient (Wildman–Crippen LogP) is 4.43. The van der Waals surface area contributed by atoms with Crippen LogP contribution in [0.15, 0.2) is 42.6 Å². The summed E-state index contributed by atoms with van der Waals surface area (Å²) >= 11 is 7.52. The van der Waals surface area contributed by atoms with Crippen molar-refractivity contribution in [1.82, 2.24) is 9.78 Å². The summed E-state index contributed by atoms with van der Waals surface area (Å²) in [6.07, 6.45) is 2.64. The molecule has 0 aliphatic rings. The van der Waals surface area contributed by atoms with Crippen molar-refractivity contribution in [2.24, 2.45) is 0 Å². The van der Waals surface area contributed by atoms with E-state index in [0.29, 0.717) is 17.1 Å². The summed E-state index contributed by atoms with van der Waals surface area (Å²) in [7, 11) is 0. The maximum absolute atomic E-state index is 11.3. The molecule has 0 N–H and O–H groups in total. The van der Waals surface area contributed by atoms with Gasteiger partial charge in [0, 0.05) is 16.1 Å². The predicted molar refractivity (Wildman–Crippen MR) is 86.2 cm³/mol. The van der Waals surface area contributed by atoms with Crippen LogP contribution in [0.4, 0.5) is 0 Å². The Morgan fingerprint density at radius 1 is 1.24 bits per heavy atom. The Balaban J connectivity index is 1.92. The summed E-state index contributed by atoms with van der Waals surface area (Å²) in [5.74, 6) is 0. The van der Waals surface area contributed by atoms with Crippen molar-refractivity contribution >= 4 is 29.2 Å². The second-order valence-corrected chi connectivity index (χ2v) is 6.51. The van der Waals surface area contributed by atoms with Crippen molar-refractivity contribution < 1.29 is 4.79 Å². The van der Waals surface area contributed by atoms with Gasteiger partial charge >= 0.3 is 0 Å². The van der Waals surface area contributed by atoms with Gasteiger partial charge in [0.15, 0.2) is 6.29 Å². The zero-order chi connectivity index (χ0) is 14.8. The van der Waals surface area contributed by atoms with E-state index >= 15 is 0 Å². The van der Waals surface area contributed by atoms with Gasteiger partial charge in [0.05, 0.1) is 17.0 Å². The van der Waals surface area contributed by atoms with Crippen LogP contribution in [0.5, 0.6) is 0 Å². The number of aromatic nitrogens is 2. The minimum atomic E-state index is 0.613. The van der Waals surface area contributed by atoms with Gasteiger partial charge in [-0.1, -0.05) is 23.7 Å². The van der Waals surface area contributed by atoms with E-state index in [2.05, 4.69) is 5.10 Å². The van der Waals surface area contributed by atoms with Crippen LogP contribution in [-0.4, -0.2) is 16.1 Å². The summed E-state index contributed by atoms with van der Waals surface area (Å²) < 4.78 is 1.79. The molecule has 106 valence electrons. The third-order valence-corrected chi connectivity index (χ3v) is 4.41. The highest BCUT2D eigenvalue weighted by Gasteiger charge is 2.12. The van der Waals surface area contributed by atoms with Gasteiger partial charge in [0.1, 0.15) is 5.69 Å². The molecule has 0 amide bonds. The first kappa shape index (κ1) is 14.0. The number of carbonyl (C=O) groups excluding carboxylic acids is 1. The van der Waals surface area contributed by atoms with Crippen molar-refractivity contribution in [3.8, 4) is 10.6 Å². The summed E-state index contributed by atoms with van der Waals surface area (Å²) in [6, 6.07) is 11.7. The standard InChI is InChI=1S/C16H13ClN2OS/c1-11-2-7-15(21-11)16-13(10-20)9-19(18-16)8-12-3-5-14(17)6-4-12/h2-7,9-10H,8H2,1H3. The fourth-order valence-electron chi connectivity index (χ4n) is 2.13. The summed E-state index contributed by atoms with van der Waals surface area (Å²) in [5, 5.41) is 5.26. The topological polar surface area (TPSA) is 34.9 Å². The molecule has 0 atom stereocenters. The van der Waals surface area contributed by atoms with Crippen molar-refractivity contribution in [3.05, 3.63) is 63.6 Å². The Bertz CT molecular complexity index is 774. The molecule has 0 spiro atoms. The van der Waals surface area contributed by atoms with Gasteiger partial charge in [-0.05, 0) is 36.8 Å². The molecular weight excluding hydrogens is 304 g/mol. The number of nitrogens with zero attached hydrogens (tertiary/aromatic N) is 2. The Labute approximate surface area is 131 Å². The monoisotopic (exact) mass is 316 g/mol. The fraction of sp³-hybridized carbons (Fsp3) is 0.125. The summed E-state index contributed by atoms with van der Waals surface area (Å²) in [6.45, 7) is 2.65. The van der Waals surface area contributed by atoms with E-state index in [9.17, 15) is 4.79 Å². The molecule has 0 saturated carbocycles. The van der Waals surface area contributed by atoms with Gasteiger partial charge in [-0.25, -0.2) is 0 Å². The number of hydrogen-bond acceptors (Lipinski definition) is 3. The third kappa shape index (κ3) is 3.06. The molecule has 0 radical (unpaired) electrons. The molecule has 5 heteroatoms. The molecule has 2 heterocycles. The molecule has 2 aromatic heterocycles. The highest BCUT2D eigenvalue weighted by molar-refractivity contribution is 7.15. The van der Waals surface area contributed by atoms with E-state index < -0.39 is 0 Å². The summed E-state index contributed by atoms with van der Waals surface area (Å²) in [5.41, 5.74) is 2.45. The highest BCUT2D eigenvalue weighted by atomic mass is 35.5. The van der Waals surface area contributed by atoms with Crippen LogP contribution in [0.1, 0.15) is 20.8 Å². The van der Waals surface area contributed by atoms with Crippen molar-refractivity contribution in [2.45, 2.75) is 13.5 Å². The van der Waals surface area contributed by atoms with Crippen LogP contribution in [0.25, 0.3) is 10.6 Å². The van der Waals surface area contributed by atoms with E-state index in [-0.39, 0.29) is 0 Å². The normalized spacial score (nSPS) is 10.8. The number of aryl methyl sites for hydroxylation is 1. The van der Waals surface area contributed by atoms with Crippen LogP contribution >= 0.6 is 22.9 Å². The molecule has 0 saturated heterocycles. The molecule has 3 aromatic rings. The van der Waals surface area contributed by atoms with E-state index in [0.717, 1.165) is 22.4 Å². The number of thiophene rings is 1. The fourth-order valence-corrected chi connectivity index (χ4v) is 3.13. The zero-order valence-corrected chi connectivity index (χ0v) is 13.0. The molecule has 3 rings (SSSR count). The van der Waals surface area contributed by atoms with Crippen molar-refractivity contribution in [2.75, 3.05) is 0 Å². The number of benzene rings is 1. The van der Waals surface area contributed by atoms with Crippen molar-refractivity contribution in [3.63, 3.8) is 0 Å². The summed E-state index contributed by atoms with van der Waals surface area (Å²) in [4.78, 5) is 13.5. The SMILES string of the molecule is Cc1ccc(-c2nn(Cc3ccc(Cl)cc3)cc2C=O)s1. The minimum absolute atomic E-state index is 0.613. The molecule has 0 aliphatic carbocycles. The first-order valence-corrected chi connectivity index (χ1v) is 7.69. The molecule has 1 aromatic carbocycles. The Hall–Kier alpha value is -1.91. The van der Waals surface area contributed by atoms with Gasteiger partial charge < -0.3 is 0 Å². The quantitative estimate of drug-likeness (QED) is 0.667. The van der Waals surface area contributed by atoms with Gasteiger partial charge in [-0.2, -0.15) is 5.10 Å². The van der Waals surface area contributed by atoms with Crippen LogP contribution in [-0.2, 0) is 6.54 Å². The molecule has 3 nitrogen and oxygen atoms in total. The van der Waals surface area contributed by atoms with Crippen molar-refractivity contribution in [1.29, 1.82) is 0 Å². The zero-order valence-electron chi connectivity index (χ0n) is 11.4. The molecule has 0 bridgehead atoms. The molecule has 0 fully saturated rings. The van der Waals surface area contributed by atoms with Crippen LogP contribution in [0.2, 0.25) is 5.02 Å². The van der Waals surface area contributed by atoms with Gasteiger partial charge in [0.25, 0.3) is 0 Å². The third-order valence-electron chi connectivity index (χ3n) is 3.15. The highest BCUT2D eigenvalue weighted by Crippen LogP contribution is 2.28. The lowest BCUT2D eigenvalue weighted by Crippen LogP contribution is -1.99. The lowest BCUT2D eigenvalue weighted by molar-refractivity contribution is 0.112. The second-order valence-electron chi connectivity index (χ2n) is 4.79. The van der Waals surface area contributed by atoms with E-state index in [1.54, 1.807) is 22.2 Å². The molecular formula is C16H13ClN2OS. The average Bonchev–Trinajstić information content (AvgIpc) is 3.07. The Morgan fingerprint density at radius 3 is 2.62 bits per heavy atom. The first-order chi connectivity index (χ1) is 10.2. The lowest BCUT2D eigenvalue weighted by atomic mass is 10.2. The van der Waals surface area contributed by atoms with E-state index in [1.165, 1.54) is 4.88 Å². The molecule has 0 unspecified atom stereocenters. The first-order valence-electron chi connectivity index (χ1n) is 6.49. The number of rotatable bonds is 4. The number of halogens is 1. The number of hydrogen-bond donors (Lipinski definition) is 0. The van der Waals surface area contributed by atoms with Gasteiger partial charge in [0.2, 0.25) is 0 Å². The largest absolute Gasteiger partial charge is 0.298 e. The van der Waals surface area contributed by atoms with Crippen LogP contribution < -0.4 is 0 Å². The second kappa shape index (κ2) is 5.84. The molecule has 21 heavy (non-hydrogen) atoms. The van der Waals surface area contributed by atoms with Gasteiger partial charge in [-0.15, -0.1) is 11.3 Å². The Morgan fingerprint density at radius 2 is 2.00 bits per heavy atom. The van der Waals surface area contributed by atoms with E-state index in [4.69, 9.17) is 11.6 Å². The molecule has 0 aliphatic heterocycles. The Kier molecular flexibility index (Phi) is 3.90. The van der Waals surface area contributed by atoms with E-state index in [1.807, 2.05) is 43.3 Å². The number of carbonyl (C=O) groups is 1. The maximum Gasteiger partial charge on any atom is 0.153 e. The van der Waals surface area contributed by atoms with Crippen LogP contribution in [0, 0.1) is 6.92 Å². The van der Waals surface area contributed by atoms with Gasteiger partial charge in [-0.3, -0.25) is 9.48 Å². The number of aldehydes is 1. The van der Waals surface area contributed by atoms with Crippen LogP contribution in [0.3, 0.4) is 0 Å². The average molecular weight is 317 g/mol. The smallest absolute Gasteiger partial charge is 0.153 e. The maximum atomic E-state index is 11.3.